The normalized spacial score (nSPS) is 29.0. The highest BCUT2D eigenvalue weighted by atomic mass is 16.4. The molecular formula is C11H21NO2. The van der Waals surface area contributed by atoms with Crippen molar-refractivity contribution in [1.29, 1.82) is 0 Å². The number of hydrogen-bond donors (Lipinski definition) is 1. The first-order valence-electron chi connectivity index (χ1n) is 5.32. The Labute approximate surface area is 86.1 Å². The Kier molecular flexibility index (Phi) is 3.07. The Balaban J connectivity index is 2.78. The first-order chi connectivity index (χ1) is 6.32. The fraction of sp³-hybridized carbons (Fsp3) is 0.909. The number of piperidine rings is 1. The van der Waals surface area contributed by atoms with E-state index in [2.05, 4.69) is 27.7 Å². The van der Waals surface area contributed by atoms with Gasteiger partial charge in [0.2, 0.25) is 0 Å². The zero-order valence-corrected chi connectivity index (χ0v) is 9.58. The van der Waals surface area contributed by atoms with Crippen LogP contribution in [0.25, 0.3) is 0 Å². The van der Waals surface area contributed by atoms with Gasteiger partial charge in [0.25, 0.3) is 0 Å². The van der Waals surface area contributed by atoms with Gasteiger partial charge in [0.15, 0.2) is 0 Å². The minimum absolute atomic E-state index is 0.0541. The topological polar surface area (TPSA) is 40.5 Å². The molecule has 3 nitrogen and oxygen atoms in total. The summed E-state index contributed by atoms with van der Waals surface area (Å²) in [5, 5.41) is 9.12. The van der Waals surface area contributed by atoms with E-state index in [0.717, 1.165) is 12.8 Å². The Morgan fingerprint density at radius 2 is 1.93 bits per heavy atom. The number of nitrogens with zero attached hydrogens (tertiary/aromatic N) is 1. The van der Waals surface area contributed by atoms with Gasteiger partial charge < -0.3 is 10.0 Å². The Morgan fingerprint density at radius 1 is 1.36 bits per heavy atom. The summed E-state index contributed by atoms with van der Waals surface area (Å²) in [5.74, 6) is 0.504. The maximum Gasteiger partial charge on any atom is 0.407 e. The van der Waals surface area contributed by atoms with Crippen LogP contribution in [0.3, 0.4) is 0 Å². The molecule has 1 saturated heterocycles. The van der Waals surface area contributed by atoms with E-state index in [1.54, 1.807) is 4.90 Å². The van der Waals surface area contributed by atoms with Gasteiger partial charge in [-0.15, -0.1) is 0 Å². The quantitative estimate of drug-likeness (QED) is 0.651. The van der Waals surface area contributed by atoms with Gasteiger partial charge >= 0.3 is 6.09 Å². The minimum atomic E-state index is -0.767. The lowest BCUT2D eigenvalue weighted by Gasteiger charge is -2.43. The van der Waals surface area contributed by atoms with E-state index in [9.17, 15) is 4.79 Å². The second-order valence-corrected chi connectivity index (χ2v) is 5.50. The predicted octanol–water partition coefficient (Wildman–Crippen LogP) is 2.81. The number of rotatable bonds is 0. The van der Waals surface area contributed by atoms with Gasteiger partial charge in [0, 0.05) is 12.6 Å². The lowest BCUT2D eigenvalue weighted by atomic mass is 9.79. The molecular weight excluding hydrogens is 178 g/mol. The van der Waals surface area contributed by atoms with Crippen LogP contribution in [0.5, 0.6) is 0 Å². The number of amides is 1. The van der Waals surface area contributed by atoms with Gasteiger partial charge in [-0.1, -0.05) is 27.7 Å². The summed E-state index contributed by atoms with van der Waals surface area (Å²) in [5.41, 5.74) is 0.0541. The fourth-order valence-electron chi connectivity index (χ4n) is 2.26. The van der Waals surface area contributed by atoms with Gasteiger partial charge in [-0.3, -0.25) is 0 Å². The van der Waals surface area contributed by atoms with Crippen LogP contribution in [0, 0.1) is 11.3 Å². The molecule has 0 bridgehead atoms. The largest absolute Gasteiger partial charge is 0.465 e. The van der Waals surface area contributed by atoms with Crippen molar-refractivity contribution < 1.29 is 9.90 Å². The molecule has 0 aliphatic carbocycles. The molecule has 1 N–H and O–H groups in total. The Hall–Kier alpha value is -0.730. The van der Waals surface area contributed by atoms with Crippen LogP contribution < -0.4 is 0 Å². The van der Waals surface area contributed by atoms with Crippen LogP contribution in [0.1, 0.15) is 40.5 Å². The molecule has 1 aliphatic heterocycles. The second-order valence-electron chi connectivity index (χ2n) is 5.50. The molecule has 0 aromatic carbocycles. The lowest BCUT2D eigenvalue weighted by Crippen LogP contribution is -2.51. The molecule has 0 spiro atoms. The maximum absolute atomic E-state index is 11.1. The van der Waals surface area contributed by atoms with Crippen molar-refractivity contribution in [3.05, 3.63) is 0 Å². The van der Waals surface area contributed by atoms with Crippen molar-refractivity contribution >= 4 is 6.09 Å². The molecule has 1 amide bonds. The predicted molar refractivity (Wildman–Crippen MR) is 56.4 cm³/mol. The molecule has 2 unspecified atom stereocenters. The second kappa shape index (κ2) is 3.79. The molecule has 1 rings (SSSR count). The number of hydrogen-bond acceptors (Lipinski definition) is 1. The van der Waals surface area contributed by atoms with Crippen molar-refractivity contribution in [3.63, 3.8) is 0 Å². The summed E-state index contributed by atoms with van der Waals surface area (Å²) < 4.78 is 0. The molecule has 0 aromatic heterocycles. The van der Waals surface area contributed by atoms with E-state index >= 15 is 0 Å². The zero-order chi connectivity index (χ0) is 10.9. The highest BCUT2D eigenvalue weighted by Gasteiger charge is 2.36. The average molecular weight is 199 g/mol. The van der Waals surface area contributed by atoms with Crippen molar-refractivity contribution in [3.8, 4) is 0 Å². The fourth-order valence-corrected chi connectivity index (χ4v) is 2.26. The number of carbonyl (C=O) groups is 1. The van der Waals surface area contributed by atoms with E-state index in [1.807, 2.05) is 0 Å². The van der Waals surface area contributed by atoms with E-state index in [0.29, 0.717) is 12.5 Å². The number of likely N-dealkylation sites (tertiary alicyclic amines) is 1. The summed E-state index contributed by atoms with van der Waals surface area (Å²) in [6, 6.07) is 0.177. The summed E-state index contributed by atoms with van der Waals surface area (Å²) in [6.07, 6.45) is 1.37. The maximum atomic E-state index is 11.1. The third kappa shape index (κ3) is 2.40. The molecule has 0 saturated carbocycles. The first kappa shape index (κ1) is 11.3. The van der Waals surface area contributed by atoms with E-state index < -0.39 is 6.09 Å². The van der Waals surface area contributed by atoms with Gasteiger partial charge in [0.1, 0.15) is 0 Å². The van der Waals surface area contributed by atoms with E-state index in [1.165, 1.54) is 0 Å². The van der Waals surface area contributed by atoms with Crippen molar-refractivity contribution in [2.45, 2.75) is 46.6 Å². The molecule has 82 valence electrons. The van der Waals surface area contributed by atoms with Crippen LogP contribution in [-0.2, 0) is 0 Å². The van der Waals surface area contributed by atoms with Gasteiger partial charge in [-0.05, 0) is 24.2 Å². The Bertz CT molecular complexity index is 220. The van der Waals surface area contributed by atoms with E-state index in [4.69, 9.17) is 5.11 Å². The molecule has 2 atom stereocenters. The monoisotopic (exact) mass is 199 g/mol. The van der Waals surface area contributed by atoms with Gasteiger partial charge in [-0.2, -0.15) is 0 Å². The average Bonchev–Trinajstić information content (AvgIpc) is 2.01. The molecule has 0 aromatic rings. The molecule has 1 aliphatic rings. The third-order valence-electron chi connectivity index (χ3n) is 3.06. The summed E-state index contributed by atoms with van der Waals surface area (Å²) in [7, 11) is 0. The smallest absolute Gasteiger partial charge is 0.407 e. The van der Waals surface area contributed by atoms with Crippen LogP contribution >= 0.6 is 0 Å². The molecule has 1 fully saturated rings. The van der Waals surface area contributed by atoms with Crippen LogP contribution in [-0.4, -0.2) is 28.7 Å². The van der Waals surface area contributed by atoms with Crippen LogP contribution in [0.4, 0.5) is 4.79 Å². The third-order valence-corrected chi connectivity index (χ3v) is 3.06. The molecule has 3 heteroatoms. The Morgan fingerprint density at radius 3 is 2.36 bits per heavy atom. The summed E-state index contributed by atoms with van der Waals surface area (Å²) in [6.45, 7) is 9.16. The van der Waals surface area contributed by atoms with Crippen molar-refractivity contribution in [2.75, 3.05) is 6.54 Å². The molecule has 0 radical (unpaired) electrons. The van der Waals surface area contributed by atoms with Crippen molar-refractivity contribution in [2.24, 2.45) is 11.3 Å². The van der Waals surface area contributed by atoms with E-state index in [-0.39, 0.29) is 11.5 Å². The lowest BCUT2D eigenvalue weighted by molar-refractivity contribution is 0.0432. The molecule has 14 heavy (non-hydrogen) atoms. The van der Waals surface area contributed by atoms with Crippen LogP contribution in [0.15, 0.2) is 0 Å². The number of carboxylic acid groups (broad SMARTS) is 1. The van der Waals surface area contributed by atoms with Crippen LogP contribution in [0.2, 0.25) is 0 Å². The summed E-state index contributed by atoms with van der Waals surface area (Å²) in [4.78, 5) is 12.7. The summed E-state index contributed by atoms with van der Waals surface area (Å²) >= 11 is 0. The van der Waals surface area contributed by atoms with Gasteiger partial charge in [-0.25, -0.2) is 4.79 Å². The van der Waals surface area contributed by atoms with Crippen molar-refractivity contribution in [1.82, 2.24) is 4.90 Å². The highest BCUT2D eigenvalue weighted by molar-refractivity contribution is 5.65. The SMILES string of the molecule is CC1CCC(C(C)(C)C)N(C(=O)O)C1. The highest BCUT2D eigenvalue weighted by Crippen LogP contribution is 2.33. The standard InChI is InChI=1S/C11H21NO2/c1-8-5-6-9(11(2,3)4)12(7-8)10(13)14/h8-9H,5-7H2,1-4H3,(H,13,14). The minimum Gasteiger partial charge on any atom is -0.465 e. The first-order valence-corrected chi connectivity index (χ1v) is 5.32. The van der Waals surface area contributed by atoms with Gasteiger partial charge in [0.05, 0.1) is 0 Å². The zero-order valence-electron chi connectivity index (χ0n) is 9.58. The molecule has 1 heterocycles.